The molecule has 2 amide bonds. The van der Waals surface area contributed by atoms with Gasteiger partial charge >= 0.3 is 0 Å². The first kappa shape index (κ1) is 22.6. The molecule has 0 spiro atoms. The summed E-state index contributed by atoms with van der Waals surface area (Å²) >= 11 is 0. The van der Waals surface area contributed by atoms with Crippen molar-refractivity contribution in [1.29, 1.82) is 0 Å². The van der Waals surface area contributed by atoms with Crippen LogP contribution in [0.4, 0.5) is 17.1 Å². The number of carbonyl (C=O) groups excluding carboxylic acids is 2. The molecule has 0 atom stereocenters. The maximum atomic E-state index is 12.5. The number of carbonyl (C=O) groups is 2. The van der Waals surface area contributed by atoms with Crippen molar-refractivity contribution < 1.29 is 14.3 Å². The van der Waals surface area contributed by atoms with Crippen LogP contribution >= 0.6 is 0 Å². The number of amides is 2. The highest BCUT2D eigenvalue weighted by Gasteiger charge is 2.09. The number of hydrogen-bond donors (Lipinski definition) is 3. The van der Waals surface area contributed by atoms with Crippen molar-refractivity contribution in [3.05, 3.63) is 120 Å². The van der Waals surface area contributed by atoms with Gasteiger partial charge in [0, 0.05) is 16.9 Å². The van der Waals surface area contributed by atoms with E-state index in [1.54, 1.807) is 36.4 Å². The molecule has 0 unspecified atom stereocenters. The molecule has 34 heavy (non-hydrogen) atoms. The third-order valence-electron chi connectivity index (χ3n) is 5.00. The number of hydrogen-bond acceptors (Lipinski definition) is 4. The molecule has 0 aliphatic carbocycles. The first-order valence-electron chi connectivity index (χ1n) is 10.9. The lowest BCUT2D eigenvalue weighted by atomic mass is 10.2. The van der Waals surface area contributed by atoms with E-state index in [0.717, 1.165) is 11.3 Å². The summed E-state index contributed by atoms with van der Waals surface area (Å²) in [5.41, 5.74) is 3.55. The van der Waals surface area contributed by atoms with E-state index >= 15 is 0 Å². The molecule has 0 heterocycles. The van der Waals surface area contributed by atoms with Crippen LogP contribution in [0.1, 0.15) is 15.9 Å². The van der Waals surface area contributed by atoms with Gasteiger partial charge in [0.2, 0.25) is 5.91 Å². The van der Waals surface area contributed by atoms with Crippen molar-refractivity contribution in [3.63, 3.8) is 0 Å². The normalized spacial score (nSPS) is 10.2. The van der Waals surface area contributed by atoms with Gasteiger partial charge in [0.15, 0.2) is 0 Å². The molecular formula is C28H25N3O3. The van der Waals surface area contributed by atoms with E-state index in [1.165, 1.54) is 0 Å². The molecule has 0 saturated carbocycles. The SMILES string of the molecule is O=C(CNc1ccccc1OCc1ccccc1)Nc1cccc(NC(=O)c2ccccc2)c1. The molecule has 6 nitrogen and oxygen atoms in total. The molecule has 0 radical (unpaired) electrons. The summed E-state index contributed by atoms with van der Waals surface area (Å²) in [7, 11) is 0. The third kappa shape index (κ3) is 6.46. The van der Waals surface area contributed by atoms with Gasteiger partial charge < -0.3 is 20.7 Å². The first-order valence-corrected chi connectivity index (χ1v) is 10.9. The van der Waals surface area contributed by atoms with E-state index < -0.39 is 0 Å². The summed E-state index contributed by atoms with van der Waals surface area (Å²) in [6, 6.07) is 33.4. The predicted octanol–water partition coefficient (Wildman–Crippen LogP) is 5.57. The van der Waals surface area contributed by atoms with Gasteiger partial charge in [-0.05, 0) is 48.0 Å². The molecule has 0 aliphatic rings. The smallest absolute Gasteiger partial charge is 0.255 e. The Labute approximate surface area is 198 Å². The monoisotopic (exact) mass is 451 g/mol. The van der Waals surface area contributed by atoms with Crippen LogP contribution in [0.25, 0.3) is 0 Å². The van der Waals surface area contributed by atoms with Crippen molar-refractivity contribution in [2.24, 2.45) is 0 Å². The zero-order valence-electron chi connectivity index (χ0n) is 18.5. The summed E-state index contributed by atoms with van der Waals surface area (Å²) in [6.07, 6.45) is 0. The highest BCUT2D eigenvalue weighted by Crippen LogP contribution is 2.24. The van der Waals surface area contributed by atoms with Crippen LogP contribution in [0.5, 0.6) is 5.75 Å². The third-order valence-corrected chi connectivity index (χ3v) is 5.00. The van der Waals surface area contributed by atoms with Crippen molar-refractivity contribution in [2.45, 2.75) is 6.61 Å². The molecule has 0 fully saturated rings. The molecule has 4 aromatic carbocycles. The highest BCUT2D eigenvalue weighted by atomic mass is 16.5. The Hall–Kier alpha value is -4.58. The molecule has 0 bridgehead atoms. The highest BCUT2D eigenvalue weighted by molar-refractivity contribution is 6.04. The van der Waals surface area contributed by atoms with Gasteiger partial charge in [-0.3, -0.25) is 9.59 Å². The molecule has 6 heteroatoms. The largest absolute Gasteiger partial charge is 0.487 e. The minimum absolute atomic E-state index is 0.0618. The average Bonchev–Trinajstić information content (AvgIpc) is 2.88. The van der Waals surface area contributed by atoms with Gasteiger partial charge in [-0.1, -0.05) is 66.7 Å². The van der Waals surface area contributed by atoms with Gasteiger partial charge in [0.05, 0.1) is 12.2 Å². The van der Waals surface area contributed by atoms with Crippen molar-refractivity contribution >= 4 is 28.9 Å². The number of anilines is 3. The van der Waals surface area contributed by atoms with Crippen LogP contribution in [-0.2, 0) is 11.4 Å². The van der Waals surface area contributed by atoms with Crippen molar-refractivity contribution in [1.82, 2.24) is 0 Å². The second kappa shape index (κ2) is 11.3. The quantitative estimate of drug-likeness (QED) is 0.311. The molecular weight excluding hydrogens is 426 g/mol. The lowest BCUT2D eigenvalue weighted by Gasteiger charge is -2.14. The lowest BCUT2D eigenvalue weighted by Crippen LogP contribution is -2.22. The molecule has 3 N–H and O–H groups in total. The van der Waals surface area contributed by atoms with E-state index in [9.17, 15) is 9.59 Å². The number of benzene rings is 4. The van der Waals surface area contributed by atoms with E-state index in [0.29, 0.717) is 29.3 Å². The Balaban J connectivity index is 1.31. The fraction of sp³-hybridized carbons (Fsp3) is 0.0714. The second-order valence-corrected chi connectivity index (χ2v) is 7.57. The minimum atomic E-state index is -0.218. The summed E-state index contributed by atoms with van der Waals surface area (Å²) in [6.45, 7) is 0.500. The maximum Gasteiger partial charge on any atom is 0.255 e. The van der Waals surface area contributed by atoms with E-state index in [-0.39, 0.29) is 18.4 Å². The van der Waals surface area contributed by atoms with Crippen LogP contribution in [0.2, 0.25) is 0 Å². The van der Waals surface area contributed by atoms with Crippen LogP contribution in [0.15, 0.2) is 109 Å². The molecule has 4 aromatic rings. The maximum absolute atomic E-state index is 12.5. The number of ether oxygens (including phenoxy) is 1. The van der Waals surface area contributed by atoms with Crippen molar-refractivity contribution in [2.75, 3.05) is 22.5 Å². The molecule has 170 valence electrons. The van der Waals surface area contributed by atoms with Gasteiger partial charge in [0.1, 0.15) is 12.4 Å². The Morgan fingerprint density at radius 2 is 1.32 bits per heavy atom. The second-order valence-electron chi connectivity index (χ2n) is 7.57. The molecule has 0 aliphatic heterocycles. The van der Waals surface area contributed by atoms with E-state index in [2.05, 4.69) is 16.0 Å². The standard InChI is InChI=1S/C28H25N3O3/c32-27(19-29-25-16-7-8-17-26(25)34-20-21-10-3-1-4-11-21)30-23-14-9-15-24(18-23)31-28(33)22-12-5-2-6-13-22/h1-18,29H,19-20H2,(H,30,32)(H,31,33). The van der Waals surface area contributed by atoms with Gasteiger partial charge in [0.25, 0.3) is 5.91 Å². The summed E-state index contributed by atoms with van der Waals surface area (Å²) in [5, 5.41) is 8.82. The van der Waals surface area contributed by atoms with E-state index in [4.69, 9.17) is 4.74 Å². The molecule has 0 saturated heterocycles. The topological polar surface area (TPSA) is 79.5 Å². The Kier molecular flexibility index (Phi) is 7.54. The zero-order chi connectivity index (χ0) is 23.6. The summed E-state index contributed by atoms with van der Waals surface area (Å²) in [5.74, 6) is 0.243. The Morgan fingerprint density at radius 1 is 0.676 bits per heavy atom. The molecule has 4 rings (SSSR count). The van der Waals surface area contributed by atoms with Gasteiger partial charge in [-0.25, -0.2) is 0 Å². The summed E-state index contributed by atoms with van der Waals surface area (Å²) < 4.78 is 5.93. The lowest BCUT2D eigenvalue weighted by molar-refractivity contribution is -0.114. The molecule has 0 aromatic heterocycles. The fourth-order valence-corrected chi connectivity index (χ4v) is 3.32. The van der Waals surface area contributed by atoms with Crippen LogP contribution in [0.3, 0.4) is 0 Å². The van der Waals surface area contributed by atoms with Crippen molar-refractivity contribution in [3.8, 4) is 5.75 Å². The Bertz CT molecular complexity index is 1240. The Morgan fingerprint density at radius 3 is 2.09 bits per heavy atom. The van der Waals surface area contributed by atoms with Gasteiger partial charge in [-0.2, -0.15) is 0 Å². The first-order chi connectivity index (χ1) is 16.7. The van der Waals surface area contributed by atoms with Crippen LogP contribution in [-0.4, -0.2) is 18.4 Å². The summed E-state index contributed by atoms with van der Waals surface area (Å²) in [4.78, 5) is 24.9. The number of para-hydroxylation sites is 2. The van der Waals surface area contributed by atoms with Crippen LogP contribution < -0.4 is 20.7 Å². The van der Waals surface area contributed by atoms with Crippen LogP contribution in [0, 0.1) is 0 Å². The number of nitrogens with one attached hydrogen (secondary N) is 3. The fourth-order valence-electron chi connectivity index (χ4n) is 3.32. The van der Waals surface area contributed by atoms with E-state index in [1.807, 2.05) is 72.8 Å². The van der Waals surface area contributed by atoms with Gasteiger partial charge in [-0.15, -0.1) is 0 Å². The minimum Gasteiger partial charge on any atom is -0.487 e. The predicted molar refractivity (Wildman–Crippen MR) is 135 cm³/mol. The number of rotatable bonds is 9. The average molecular weight is 452 g/mol. The zero-order valence-corrected chi connectivity index (χ0v) is 18.5.